The molecule has 0 bridgehead atoms. The fraction of sp³-hybridized carbons (Fsp3) is 0.533. The Labute approximate surface area is 123 Å². The lowest BCUT2D eigenvalue weighted by Gasteiger charge is -2.25. The van der Waals surface area contributed by atoms with Crippen molar-refractivity contribution in [2.24, 2.45) is 0 Å². The fourth-order valence-electron chi connectivity index (χ4n) is 2.08. The topological polar surface area (TPSA) is 59.6 Å². The average molecular weight is 296 g/mol. The van der Waals surface area contributed by atoms with Gasteiger partial charge in [0.25, 0.3) is 0 Å². The highest BCUT2D eigenvalue weighted by Crippen LogP contribution is 2.23. The number of anilines is 1. The molecule has 1 fully saturated rings. The maximum absolute atomic E-state index is 13.9. The highest BCUT2D eigenvalue weighted by molar-refractivity contribution is 5.85. The van der Waals surface area contributed by atoms with Gasteiger partial charge in [0.05, 0.1) is 19.3 Å². The second kappa shape index (κ2) is 6.41. The van der Waals surface area contributed by atoms with Crippen LogP contribution in [0.25, 0.3) is 0 Å². The normalized spacial score (nSPS) is 19.1. The lowest BCUT2D eigenvalue weighted by molar-refractivity contribution is 0.0636. The van der Waals surface area contributed by atoms with Gasteiger partial charge in [-0.25, -0.2) is 9.18 Å². The van der Waals surface area contributed by atoms with Crippen molar-refractivity contribution in [3.8, 4) is 0 Å². The van der Waals surface area contributed by atoms with Gasteiger partial charge in [-0.05, 0) is 39.0 Å². The van der Waals surface area contributed by atoms with E-state index in [1.807, 2.05) is 0 Å². The molecule has 0 spiro atoms. The average Bonchev–Trinajstić information content (AvgIpc) is 2.40. The van der Waals surface area contributed by atoms with Gasteiger partial charge < -0.3 is 14.8 Å². The summed E-state index contributed by atoms with van der Waals surface area (Å²) in [6.45, 7) is 7.05. The molecular formula is C15H21FN2O3. The molecule has 1 aliphatic rings. The zero-order valence-electron chi connectivity index (χ0n) is 12.5. The van der Waals surface area contributed by atoms with Gasteiger partial charge in [-0.2, -0.15) is 0 Å². The second-order valence-electron chi connectivity index (χ2n) is 5.94. The van der Waals surface area contributed by atoms with Crippen LogP contribution < -0.4 is 10.6 Å². The number of carbonyl (C=O) groups is 1. The number of halogens is 1. The monoisotopic (exact) mass is 296 g/mol. The lowest BCUT2D eigenvalue weighted by Crippen LogP contribution is -2.35. The van der Waals surface area contributed by atoms with Crippen LogP contribution in [0.15, 0.2) is 18.2 Å². The second-order valence-corrected chi connectivity index (χ2v) is 5.94. The van der Waals surface area contributed by atoms with Crippen molar-refractivity contribution in [2.75, 3.05) is 25.1 Å². The van der Waals surface area contributed by atoms with Crippen molar-refractivity contribution in [1.29, 1.82) is 0 Å². The van der Waals surface area contributed by atoms with Crippen LogP contribution in [-0.4, -0.2) is 31.5 Å². The van der Waals surface area contributed by atoms with E-state index in [9.17, 15) is 9.18 Å². The lowest BCUT2D eigenvalue weighted by atomic mass is 10.1. The van der Waals surface area contributed by atoms with Crippen LogP contribution in [0.5, 0.6) is 0 Å². The Bertz CT molecular complexity index is 508. The van der Waals surface area contributed by atoms with Crippen molar-refractivity contribution in [3.63, 3.8) is 0 Å². The predicted molar refractivity (Wildman–Crippen MR) is 77.8 cm³/mol. The molecule has 1 aromatic rings. The molecule has 1 aliphatic heterocycles. The third-order valence-electron chi connectivity index (χ3n) is 2.94. The molecule has 5 nitrogen and oxygen atoms in total. The molecule has 1 saturated heterocycles. The largest absolute Gasteiger partial charge is 0.444 e. The van der Waals surface area contributed by atoms with Gasteiger partial charge in [0.2, 0.25) is 0 Å². The van der Waals surface area contributed by atoms with Crippen molar-refractivity contribution < 1.29 is 18.7 Å². The molecule has 6 heteroatoms. The van der Waals surface area contributed by atoms with E-state index >= 15 is 0 Å². The molecule has 0 radical (unpaired) electrons. The summed E-state index contributed by atoms with van der Waals surface area (Å²) in [5, 5.41) is 5.79. The van der Waals surface area contributed by atoms with Gasteiger partial charge in [-0.3, -0.25) is 5.32 Å². The van der Waals surface area contributed by atoms with E-state index in [0.29, 0.717) is 31.0 Å². The first-order valence-electron chi connectivity index (χ1n) is 6.96. The molecule has 0 aromatic heterocycles. The van der Waals surface area contributed by atoms with Gasteiger partial charge in [-0.1, -0.05) is 0 Å². The number of hydrogen-bond acceptors (Lipinski definition) is 4. The van der Waals surface area contributed by atoms with E-state index in [0.717, 1.165) is 0 Å². The maximum atomic E-state index is 13.9. The summed E-state index contributed by atoms with van der Waals surface area (Å²) >= 11 is 0. The van der Waals surface area contributed by atoms with E-state index in [2.05, 4.69) is 10.6 Å². The molecule has 0 aliphatic carbocycles. The number of ether oxygens (including phenoxy) is 2. The summed E-state index contributed by atoms with van der Waals surface area (Å²) in [4.78, 5) is 11.7. The highest BCUT2D eigenvalue weighted by Gasteiger charge is 2.20. The zero-order valence-corrected chi connectivity index (χ0v) is 12.5. The van der Waals surface area contributed by atoms with E-state index in [1.54, 1.807) is 26.8 Å². The van der Waals surface area contributed by atoms with Crippen molar-refractivity contribution in [2.45, 2.75) is 32.4 Å². The Hall–Kier alpha value is -1.66. The van der Waals surface area contributed by atoms with Gasteiger partial charge in [0.15, 0.2) is 0 Å². The molecule has 1 heterocycles. The smallest absolute Gasteiger partial charge is 0.412 e. The standard InChI is InChI=1S/C15H21FN2O3/c1-15(2,3)21-14(19)18-10-4-5-12(16)11(8-10)13-9-20-7-6-17-13/h4-5,8,13,17H,6-7,9H2,1-3H3,(H,18,19). The van der Waals surface area contributed by atoms with E-state index in [4.69, 9.17) is 9.47 Å². The van der Waals surface area contributed by atoms with Crippen molar-refractivity contribution >= 4 is 11.8 Å². The number of rotatable bonds is 2. The van der Waals surface area contributed by atoms with Crippen molar-refractivity contribution in [3.05, 3.63) is 29.6 Å². The molecule has 2 N–H and O–H groups in total. The Morgan fingerprint density at radius 2 is 2.24 bits per heavy atom. The van der Waals surface area contributed by atoms with Crippen LogP contribution in [0.3, 0.4) is 0 Å². The number of benzene rings is 1. The van der Waals surface area contributed by atoms with Crippen LogP contribution in [0.1, 0.15) is 32.4 Å². The third-order valence-corrected chi connectivity index (χ3v) is 2.94. The fourth-order valence-corrected chi connectivity index (χ4v) is 2.08. The minimum Gasteiger partial charge on any atom is -0.444 e. The molecule has 2 rings (SSSR count). The van der Waals surface area contributed by atoms with E-state index in [-0.39, 0.29) is 11.9 Å². The van der Waals surface area contributed by atoms with Crippen LogP contribution in [0, 0.1) is 5.82 Å². The van der Waals surface area contributed by atoms with Crippen LogP contribution >= 0.6 is 0 Å². The molecule has 1 unspecified atom stereocenters. The van der Waals surface area contributed by atoms with Gasteiger partial charge in [-0.15, -0.1) is 0 Å². The Kier molecular flexibility index (Phi) is 4.80. The first-order valence-corrected chi connectivity index (χ1v) is 6.96. The molecule has 0 saturated carbocycles. The first-order chi connectivity index (χ1) is 9.85. The molecular weight excluding hydrogens is 275 g/mol. The third kappa shape index (κ3) is 4.68. The Morgan fingerprint density at radius 1 is 1.48 bits per heavy atom. The summed E-state index contributed by atoms with van der Waals surface area (Å²) in [6, 6.07) is 4.23. The minimum absolute atomic E-state index is 0.209. The number of morpholine rings is 1. The quantitative estimate of drug-likeness (QED) is 0.881. The van der Waals surface area contributed by atoms with Crippen LogP contribution in [0.4, 0.5) is 14.9 Å². The molecule has 21 heavy (non-hydrogen) atoms. The first kappa shape index (κ1) is 15.7. The highest BCUT2D eigenvalue weighted by atomic mass is 19.1. The number of amides is 1. The van der Waals surface area contributed by atoms with Gasteiger partial charge >= 0.3 is 6.09 Å². The number of carbonyl (C=O) groups excluding carboxylic acids is 1. The SMILES string of the molecule is CC(C)(C)OC(=O)Nc1ccc(F)c(C2COCCN2)c1. The predicted octanol–water partition coefficient (Wildman–Crippen LogP) is 2.83. The summed E-state index contributed by atoms with van der Waals surface area (Å²) < 4.78 is 24.4. The van der Waals surface area contributed by atoms with E-state index < -0.39 is 11.7 Å². The Morgan fingerprint density at radius 3 is 2.86 bits per heavy atom. The summed E-state index contributed by atoms with van der Waals surface area (Å²) in [5.74, 6) is -0.326. The maximum Gasteiger partial charge on any atom is 0.412 e. The van der Waals surface area contributed by atoms with Crippen LogP contribution in [-0.2, 0) is 9.47 Å². The molecule has 1 atom stereocenters. The minimum atomic E-state index is -0.578. The molecule has 1 aromatic carbocycles. The summed E-state index contributed by atoms with van der Waals surface area (Å²) in [6.07, 6.45) is -0.562. The number of hydrogen-bond donors (Lipinski definition) is 2. The zero-order chi connectivity index (χ0) is 15.5. The van der Waals surface area contributed by atoms with Crippen LogP contribution in [0.2, 0.25) is 0 Å². The van der Waals surface area contributed by atoms with Gasteiger partial charge in [0, 0.05) is 17.8 Å². The summed E-state index contributed by atoms with van der Waals surface area (Å²) in [5.41, 5.74) is 0.391. The molecule has 1 amide bonds. The Balaban J connectivity index is 2.09. The summed E-state index contributed by atoms with van der Waals surface area (Å²) in [7, 11) is 0. The number of nitrogens with one attached hydrogen (secondary N) is 2. The van der Waals surface area contributed by atoms with Gasteiger partial charge in [0.1, 0.15) is 11.4 Å². The molecule has 116 valence electrons. The van der Waals surface area contributed by atoms with Crippen molar-refractivity contribution in [1.82, 2.24) is 5.32 Å². The van der Waals surface area contributed by atoms with E-state index in [1.165, 1.54) is 12.1 Å².